The Balaban J connectivity index is 1.15. The molecule has 3 saturated heterocycles. The number of aryl methyl sites for hydroxylation is 1. The molecule has 0 spiro atoms. The van der Waals surface area contributed by atoms with Gasteiger partial charge in [-0.1, -0.05) is 0 Å². The van der Waals surface area contributed by atoms with Gasteiger partial charge < -0.3 is 25.6 Å². The molecule has 3 aliphatic heterocycles. The van der Waals surface area contributed by atoms with Gasteiger partial charge in [-0.3, -0.25) is 9.48 Å². The summed E-state index contributed by atoms with van der Waals surface area (Å²) >= 11 is 3.52. The average Bonchev–Trinajstić information content (AvgIpc) is 3.21. The van der Waals surface area contributed by atoms with E-state index in [-0.39, 0.29) is 11.8 Å². The number of nitrogens with zero attached hydrogens (tertiary/aromatic N) is 5. The first-order valence-corrected chi connectivity index (χ1v) is 12.9. The highest BCUT2D eigenvalue weighted by Crippen LogP contribution is 2.40. The minimum atomic E-state index is 0.0139. The molecular formula is C23H33BrN8O2. The normalized spacial score (nSPS) is 24.6. The molecule has 184 valence electrons. The van der Waals surface area contributed by atoms with Gasteiger partial charge in [-0.15, -0.1) is 0 Å². The van der Waals surface area contributed by atoms with Crippen LogP contribution in [0.15, 0.2) is 16.9 Å². The number of carbonyl (C=O) groups is 1. The lowest BCUT2D eigenvalue weighted by molar-refractivity contribution is -0.138. The Morgan fingerprint density at radius 3 is 2.68 bits per heavy atom. The summed E-state index contributed by atoms with van der Waals surface area (Å²) in [6.45, 7) is 4.39. The first-order chi connectivity index (χ1) is 16.5. The van der Waals surface area contributed by atoms with Crippen LogP contribution in [-0.2, 0) is 9.53 Å². The number of hydrogen-bond acceptors (Lipinski definition) is 8. The fraction of sp³-hybridized carbons (Fsp3) is 0.652. The average molecular weight is 533 g/mol. The SMILES string of the molecule is Cc1nn(C2CC3CCC(C2)N3C)cc1Nc1ncc(Br)c(NCCCNC(=O)C2COC2)n1. The number of amides is 1. The number of fused-ring (bicyclic) bond motifs is 2. The van der Waals surface area contributed by atoms with Crippen LogP contribution in [0.2, 0.25) is 0 Å². The Kier molecular flexibility index (Phi) is 7.03. The predicted octanol–water partition coefficient (Wildman–Crippen LogP) is 2.85. The van der Waals surface area contributed by atoms with Gasteiger partial charge in [0.2, 0.25) is 11.9 Å². The molecule has 2 aromatic heterocycles. The van der Waals surface area contributed by atoms with Crippen molar-refractivity contribution in [1.82, 2.24) is 30.0 Å². The van der Waals surface area contributed by atoms with Crippen LogP contribution >= 0.6 is 15.9 Å². The number of carbonyl (C=O) groups excluding carboxylic acids is 1. The molecule has 0 aliphatic carbocycles. The van der Waals surface area contributed by atoms with Crippen molar-refractivity contribution in [1.29, 1.82) is 0 Å². The molecule has 2 unspecified atom stereocenters. The van der Waals surface area contributed by atoms with E-state index in [0.717, 1.165) is 35.1 Å². The quantitative estimate of drug-likeness (QED) is 0.423. The van der Waals surface area contributed by atoms with Crippen LogP contribution in [0.3, 0.4) is 0 Å². The van der Waals surface area contributed by atoms with Gasteiger partial charge in [0.15, 0.2) is 0 Å². The van der Waals surface area contributed by atoms with Crippen LogP contribution in [-0.4, -0.2) is 76.0 Å². The maximum absolute atomic E-state index is 11.9. The highest BCUT2D eigenvalue weighted by atomic mass is 79.9. The van der Waals surface area contributed by atoms with E-state index in [4.69, 9.17) is 9.84 Å². The fourth-order valence-corrected chi connectivity index (χ4v) is 5.43. The number of aromatic nitrogens is 4. The number of rotatable bonds is 9. The van der Waals surface area contributed by atoms with E-state index >= 15 is 0 Å². The molecule has 0 saturated carbocycles. The molecule has 3 aliphatic rings. The molecule has 34 heavy (non-hydrogen) atoms. The van der Waals surface area contributed by atoms with Crippen molar-refractivity contribution in [2.45, 2.75) is 57.2 Å². The third-order valence-corrected chi connectivity index (χ3v) is 7.89. The number of hydrogen-bond donors (Lipinski definition) is 3. The van der Waals surface area contributed by atoms with Gasteiger partial charge in [0, 0.05) is 37.6 Å². The molecule has 1 amide bonds. The minimum Gasteiger partial charge on any atom is -0.380 e. The highest BCUT2D eigenvalue weighted by molar-refractivity contribution is 9.10. The van der Waals surface area contributed by atoms with Gasteiger partial charge in [-0.25, -0.2) is 4.98 Å². The molecule has 11 heteroatoms. The first-order valence-electron chi connectivity index (χ1n) is 12.1. The molecule has 2 aromatic rings. The Hall–Kier alpha value is -2.24. The van der Waals surface area contributed by atoms with E-state index in [2.05, 4.69) is 64.7 Å². The summed E-state index contributed by atoms with van der Waals surface area (Å²) < 4.78 is 7.99. The van der Waals surface area contributed by atoms with Gasteiger partial charge in [-0.2, -0.15) is 10.1 Å². The molecule has 3 N–H and O–H groups in total. The third kappa shape index (κ3) is 5.06. The van der Waals surface area contributed by atoms with E-state index < -0.39 is 0 Å². The summed E-state index contributed by atoms with van der Waals surface area (Å²) in [5.41, 5.74) is 1.88. The Bertz CT molecular complexity index is 1010. The van der Waals surface area contributed by atoms with Crippen LogP contribution in [0.1, 0.15) is 43.8 Å². The molecule has 5 rings (SSSR count). The lowest BCUT2D eigenvalue weighted by Gasteiger charge is -2.36. The van der Waals surface area contributed by atoms with Crippen LogP contribution < -0.4 is 16.0 Å². The summed E-state index contributed by atoms with van der Waals surface area (Å²) in [5, 5.41) is 14.4. The summed E-state index contributed by atoms with van der Waals surface area (Å²) in [6, 6.07) is 1.80. The Morgan fingerprint density at radius 1 is 1.21 bits per heavy atom. The number of ether oxygens (including phenoxy) is 1. The van der Waals surface area contributed by atoms with Crippen LogP contribution in [0.4, 0.5) is 17.5 Å². The van der Waals surface area contributed by atoms with Gasteiger partial charge in [0.05, 0.1) is 41.0 Å². The molecule has 0 radical (unpaired) electrons. The second-order valence-electron chi connectivity index (χ2n) is 9.60. The standard InChI is InChI=1S/C23H33BrN8O2/c1-14-20(11-32(30-14)18-8-16-4-5-17(9-18)31(16)2)28-23-27-10-19(24)21(29-23)25-6-3-7-26-22(33)15-12-34-13-15/h10-11,15-18H,3-9,12-13H2,1-2H3,(H,26,33)(H2,25,27,28,29). The van der Waals surface area contributed by atoms with Crippen molar-refractivity contribution in [2.75, 3.05) is 44.0 Å². The van der Waals surface area contributed by atoms with Gasteiger partial charge in [0.1, 0.15) is 5.82 Å². The van der Waals surface area contributed by atoms with Crippen molar-refractivity contribution in [3.8, 4) is 0 Å². The van der Waals surface area contributed by atoms with Crippen LogP contribution in [0.25, 0.3) is 0 Å². The molecule has 2 bridgehead atoms. The monoisotopic (exact) mass is 532 g/mol. The smallest absolute Gasteiger partial charge is 0.229 e. The van der Waals surface area contributed by atoms with Crippen LogP contribution in [0, 0.1) is 12.8 Å². The highest BCUT2D eigenvalue weighted by Gasteiger charge is 2.39. The molecule has 5 heterocycles. The maximum atomic E-state index is 11.9. The summed E-state index contributed by atoms with van der Waals surface area (Å²) in [4.78, 5) is 23.5. The zero-order valence-corrected chi connectivity index (χ0v) is 21.3. The van der Waals surface area contributed by atoms with E-state index in [1.54, 1.807) is 6.20 Å². The molecule has 0 aromatic carbocycles. The van der Waals surface area contributed by atoms with Crippen molar-refractivity contribution in [2.24, 2.45) is 5.92 Å². The van der Waals surface area contributed by atoms with E-state index in [0.29, 0.717) is 56.2 Å². The van der Waals surface area contributed by atoms with E-state index in [1.807, 2.05) is 6.92 Å². The minimum absolute atomic E-state index is 0.0139. The molecule has 2 atom stereocenters. The number of nitrogens with one attached hydrogen (secondary N) is 3. The van der Waals surface area contributed by atoms with Crippen LogP contribution in [0.5, 0.6) is 0 Å². The van der Waals surface area contributed by atoms with Crippen molar-refractivity contribution < 1.29 is 9.53 Å². The number of piperidine rings is 1. The zero-order chi connectivity index (χ0) is 23.7. The lowest BCUT2D eigenvalue weighted by atomic mass is 9.98. The van der Waals surface area contributed by atoms with Crippen molar-refractivity contribution >= 4 is 39.3 Å². The second-order valence-corrected chi connectivity index (χ2v) is 10.5. The summed E-state index contributed by atoms with van der Waals surface area (Å²) in [5.74, 6) is 1.33. The largest absolute Gasteiger partial charge is 0.380 e. The number of anilines is 3. The van der Waals surface area contributed by atoms with Crippen molar-refractivity contribution in [3.05, 3.63) is 22.6 Å². The molecular weight excluding hydrogens is 500 g/mol. The summed E-state index contributed by atoms with van der Waals surface area (Å²) in [7, 11) is 2.26. The van der Waals surface area contributed by atoms with Gasteiger partial charge >= 0.3 is 0 Å². The molecule has 10 nitrogen and oxygen atoms in total. The number of halogens is 1. The predicted molar refractivity (Wildman–Crippen MR) is 133 cm³/mol. The van der Waals surface area contributed by atoms with Gasteiger partial charge in [0.25, 0.3) is 0 Å². The van der Waals surface area contributed by atoms with E-state index in [9.17, 15) is 4.79 Å². The Morgan fingerprint density at radius 2 is 1.97 bits per heavy atom. The Labute approximate surface area is 208 Å². The third-order valence-electron chi connectivity index (χ3n) is 7.31. The zero-order valence-electron chi connectivity index (χ0n) is 19.8. The maximum Gasteiger partial charge on any atom is 0.229 e. The molecule has 3 fully saturated rings. The van der Waals surface area contributed by atoms with Gasteiger partial charge in [-0.05, 0) is 62.0 Å². The van der Waals surface area contributed by atoms with Crippen molar-refractivity contribution in [3.63, 3.8) is 0 Å². The fourth-order valence-electron chi connectivity index (χ4n) is 5.10. The lowest BCUT2D eigenvalue weighted by Crippen LogP contribution is -2.42. The topological polar surface area (TPSA) is 109 Å². The summed E-state index contributed by atoms with van der Waals surface area (Å²) in [6.07, 6.45) is 9.55. The second kappa shape index (κ2) is 10.2. The van der Waals surface area contributed by atoms with E-state index in [1.165, 1.54) is 12.8 Å². The first kappa shape index (κ1) is 23.5.